The zero-order valence-electron chi connectivity index (χ0n) is 12.9. The lowest BCUT2D eigenvalue weighted by Gasteiger charge is -2.31. The summed E-state index contributed by atoms with van der Waals surface area (Å²) in [6.07, 6.45) is 3.51. The summed E-state index contributed by atoms with van der Waals surface area (Å²) in [5.41, 5.74) is 1.38. The molecule has 3 rings (SSSR count). The molecule has 0 aliphatic carbocycles. The Morgan fingerprint density at radius 3 is 2.86 bits per heavy atom. The average molecular weight is 318 g/mol. The third kappa shape index (κ3) is 3.78. The Morgan fingerprint density at radius 1 is 1.41 bits per heavy atom. The summed E-state index contributed by atoms with van der Waals surface area (Å²) in [7, 11) is 0. The van der Waals surface area contributed by atoms with Crippen LogP contribution in [0.4, 0.5) is 0 Å². The zero-order chi connectivity index (χ0) is 15.4. The Balaban J connectivity index is 1.43. The molecular formula is C17H22N2O2S. The number of hydrogen-bond donors (Lipinski definition) is 1. The fourth-order valence-electron chi connectivity index (χ4n) is 2.85. The van der Waals surface area contributed by atoms with Crippen LogP contribution in [0.2, 0.25) is 0 Å². The van der Waals surface area contributed by atoms with E-state index in [1.54, 1.807) is 6.26 Å². The first-order valence-electron chi connectivity index (χ1n) is 7.78. The summed E-state index contributed by atoms with van der Waals surface area (Å²) in [6.45, 7) is 5.66. The van der Waals surface area contributed by atoms with Crippen molar-refractivity contribution in [2.24, 2.45) is 5.92 Å². The quantitative estimate of drug-likeness (QED) is 0.921. The van der Waals surface area contributed by atoms with Crippen LogP contribution in [-0.4, -0.2) is 23.9 Å². The molecule has 0 aromatic carbocycles. The summed E-state index contributed by atoms with van der Waals surface area (Å²) >= 11 is 1.83. The summed E-state index contributed by atoms with van der Waals surface area (Å²) in [4.78, 5) is 16.1. The Labute approximate surface area is 135 Å². The van der Waals surface area contributed by atoms with Crippen LogP contribution in [0.25, 0.3) is 0 Å². The number of piperidine rings is 1. The van der Waals surface area contributed by atoms with Gasteiger partial charge < -0.3 is 9.73 Å². The average Bonchev–Trinajstić information content (AvgIpc) is 3.18. The van der Waals surface area contributed by atoms with Crippen molar-refractivity contribution < 1.29 is 9.21 Å². The van der Waals surface area contributed by atoms with Gasteiger partial charge in [-0.1, -0.05) is 0 Å². The molecule has 1 fully saturated rings. The topological polar surface area (TPSA) is 45.5 Å². The molecule has 2 aromatic heterocycles. The summed E-state index contributed by atoms with van der Waals surface area (Å²) in [6, 6.07) is 5.90. The molecule has 1 aliphatic rings. The van der Waals surface area contributed by atoms with Gasteiger partial charge in [-0.25, -0.2) is 0 Å². The molecule has 3 heterocycles. The molecule has 2 aromatic rings. The number of thiophene rings is 1. The number of likely N-dealkylation sites (tertiary alicyclic amines) is 1. The van der Waals surface area contributed by atoms with Gasteiger partial charge in [-0.3, -0.25) is 9.69 Å². The fourth-order valence-corrected chi connectivity index (χ4v) is 3.80. The first kappa shape index (κ1) is 15.3. The molecular weight excluding hydrogens is 296 g/mol. The maximum atomic E-state index is 12.2. The number of amides is 1. The van der Waals surface area contributed by atoms with Gasteiger partial charge in [-0.2, -0.15) is 0 Å². The highest BCUT2D eigenvalue weighted by Gasteiger charge is 2.25. The Kier molecular flexibility index (Phi) is 4.95. The zero-order valence-corrected chi connectivity index (χ0v) is 13.7. The molecule has 0 saturated carbocycles. The number of furan rings is 1. The molecule has 1 amide bonds. The highest BCUT2D eigenvalue weighted by atomic mass is 32.1. The van der Waals surface area contributed by atoms with Crippen LogP contribution in [0, 0.1) is 12.8 Å². The molecule has 5 heteroatoms. The Morgan fingerprint density at radius 2 is 2.23 bits per heavy atom. The first-order chi connectivity index (χ1) is 10.7. The van der Waals surface area contributed by atoms with Crippen LogP contribution in [0.3, 0.4) is 0 Å². The molecule has 4 nitrogen and oxygen atoms in total. The van der Waals surface area contributed by atoms with Crippen molar-refractivity contribution in [2.75, 3.05) is 13.1 Å². The lowest BCUT2D eigenvalue weighted by Crippen LogP contribution is -2.40. The van der Waals surface area contributed by atoms with Crippen LogP contribution in [-0.2, 0) is 17.9 Å². The van der Waals surface area contributed by atoms with Gasteiger partial charge >= 0.3 is 0 Å². The molecule has 0 spiro atoms. The second-order valence-corrected chi connectivity index (χ2v) is 6.88. The van der Waals surface area contributed by atoms with E-state index in [4.69, 9.17) is 4.42 Å². The number of rotatable bonds is 5. The van der Waals surface area contributed by atoms with Crippen molar-refractivity contribution in [3.05, 3.63) is 46.0 Å². The van der Waals surface area contributed by atoms with Crippen molar-refractivity contribution in [3.63, 3.8) is 0 Å². The van der Waals surface area contributed by atoms with E-state index in [1.807, 2.05) is 23.5 Å². The number of carbonyl (C=O) groups is 1. The van der Waals surface area contributed by atoms with E-state index in [1.165, 1.54) is 10.4 Å². The smallest absolute Gasteiger partial charge is 0.223 e. The van der Waals surface area contributed by atoms with E-state index < -0.39 is 0 Å². The van der Waals surface area contributed by atoms with Crippen molar-refractivity contribution in [2.45, 2.75) is 32.9 Å². The minimum Gasteiger partial charge on any atom is -0.467 e. The number of carbonyl (C=O) groups excluding carboxylic acids is 1. The molecule has 22 heavy (non-hydrogen) atoms. The third-order valence-corrected chi connectivity index (χ3v) is 5.32. The molecule has 0 atom stereocenters. The van der Waals surface area contributed by atoms with Gasteiger partial charge in [0.1, 0.15) is 5.76 Å². The third-order valence-electron chi connectivity index (χ3n) is 4.31. The van der Waals surface area contributed by atoms with E-state index in [0.29, 0.717) is 6.54 Å². The second-order valence-electron chi connectivity index (χ2n) is 5.87. The van der Waals surface area contributed by atoms with E-state index >= 15 is 0 Å². The lowest BCUT2D eigenvalue weighted by molar-refractivity contribution is -0.126. The van der Waals surface area contributed by atoms with Crippen LogP contribution in [0.5, 0.6) is 0 Å². The lowest BCUT2D eigenvalue weighted by atomic mass is 9.96. The second kappa shape index (κ2) is 7.11. The number of nitrogens with one attached hydrogen (secondary N) is 1. The SMILES string of the molecule is Cc1ccsc1CN1CCC(C(=O)NCc2ccco2)CC1. The normalized spacial score (nSPS) is 16.8. The van der Waals surface area contributed by atoms with Crippen molar-refractivity contribution in [1.82, 2.24) is 10.2 Å². The van der Waals surface area contributed by atoms with Crippen LogP contribution >= 0.6 is 11.3 Å². The molecule has 118 valence electrons. The van der Waals surface area contributed by atoms with Crippen LogP contribution in [0.15, 0.2) is 34.3 Å². The van der Waals surface area contributed by atoms with Crippen molar-refractivity contribution in [1.29, 1.82) is 0 Å². The monoisotopic (exact) mass is 318 g/mol. The van der Waals surface area contributed by atoms with E-state index in [2.05, 4.69) is 28.6 Å². The highest BCUT2D eigenvalue weighted by molar-refractivity contribution is 7.10. The van der Waals surface area contributed by atoms with Gasteiger partial charge in [-0.15, -0.1) is 11.3 Å². The van der Waals surface area contributed by atoms with Gasteiger partial charge in [0.25, 0.3) is 0 Å². The number of aryl methyl sites for hydroxylation is 1. The summed E-state index contributed by atoms with van der Waals surface area (Å²) < 4.78 is 5.24. The van der Waals surface area contributed by atoms with Crippen LogP contribution < -0.4 is 5.32 Å². The van der Waals surface area contributed by atoms with Crippen LogP contribution in [0.1, 0.15) is 29.0 Å². The molecule has 0 bridgehead atoms. The summed E-state index contributed by atoms with van der Waals surface area (Å²) in [5.74, 6) is 1.10. The predicted molar refractivity (Wildman–Crippen MR) is 87.6 cm³/mol. The highest BCUT2D eigenvalue weighted by Crippen LogP contribution is 2.23. The molecule has 1 aliphatic heterocycles. The van der Waals surface area contributed by atoms with Crippen molar-refractivity contribution in [3.8, 4) is 0 Å². The molecule has 1 N–H and O–H groups in total. The summed E-state index contributed by atoms with van der Waals surface area (Å²) in [5, 5.41) is 5.13. The van der Waals surface area contributed by atoms with Crippen molar-refractivity contribution >= 4 is 17.2 Å². The van der Waals surface area contributed by atoms with Gasteiger partial charge in [0.15, 0.2) is 0 Å². The van der Waals surface area contributed by atoms with E-state index in [0.717, 1.165) is 38.2 Å². The standard InChI is InChI=1S/C17H22N2O2S/c1-13-6-10-22-16(13)12-19-7-4-14(5-8-19)17(20)18-11-15-3-2-9-21-15/h2-3,6,9-10,14H,4-5,7-8,11-12H2,1H3,(H,18,20). The molecule has 0 radical (unpaired) electrons. The fraction of sp³-hybridized carbons (Fsp3) is 0.471. The predicted octanol–water partition coefficient (Wildman–Crippen LogP) is 3.18. The first-order valence-corrected chi connectivity index (χ1v) is 8.66. The number of nitrogens with zero attached hydrogens (tertiary/aromatic N) is 1. The largest absolute Gasteiger partial charge is 0.467 e. The Bertz CT molecular complexity index is 598. The molecule has 1 saturated heterocycles. The van der Waals surface area contributed by atoms with Gasteiger partial charge in [0, 0.05) is 17.3 Å². The van der Waals surface area contributed by atoms with E-state index in [9.17, 15) is 4.79 Å². The minimum absolute atomic E-state index is 0.135. The van der Waals surface area contributed by atoms with Gasteiger partial charge in [0.05, 0.1) is 12.8 Å². The van der Waals surface area contributed by atoms with Gasteiger partial charge in [-0.05, 0) is 62.0 Å². The van der Waals surface area contributed by atoms with Gasteiger partial charge in [0.2, 0.25) is 5.91 Å². The van der Waals surface area contributed by atoms with E-state index in [-0.39, 0.29) is 11.8 Å². The molecule has 0 unspecified atom stereocenters. The number of hydrogen-bond acceptors (Lipinski definition) is 4. The minimum atomic E-state index is 0.135. The Hall–Kier alpha value is -1.59. The maximum absolute atomic E-state index is 12.2. The maximum Gasteiger partial charge on any atom is 0.223 e.